The van der Waals surface area contributed by atoms with Gasteiger partial charge in [-0.25, -0.2) is 8.42 Å². The molecule has 0 aliphatic heterocycles. The Morgan fingerprint density at radius 1 is 1.53 bits per heavy atom. The van der Waals surface area contributed by atoms with Crippen LogP contribution < -0.4 is 0 Å². The summed E-state index contributed by atoms with van der Waals surface area (Å²) in [6, 6.07) is 1.84. The van der Waals surface area contributed by atoms with Crippen molar-refractivity contribution in [2.45, 2.75) is 4.90 Å². The Hall–Kier alpha value is -2.19. The number of nitrogens with zero attached hydrogens (tertiary/aromatic N) is 5. The summed E-state index contributed by atoms with van der Waals surface area (Å²) in [5.74, 6) is -0.491. The standard InChI is InChI=1S/C5H3N5O4S/c6-8-9-15(13,14)4-1-2-5(7-3-4)10(11)12/h1-3H. The van der Waals surface area contributed by atoms with Gasteiger partial charge in [0.05, 0.1) is 0 Å². The van der Waals surface area contributed by atoms with Gasteiger partial charge in [-0.15, -0.1) is 0 Å². The fraction of sp³-hybridized carbons (Fsp3) is 0. The molecule has 9 nitrogen and oxygen atoms in total. The number of azide groups is 1. The van der Waals surface area contributed by atoms with Crippen LogP contribution in [-0.2, 0) is 10.0 Å². The third-order valence-corrected chi connectivity index (χ3v) is 2.47. The largest absolute Gasteiger partial charge is 0.363 e. The molecule has 1 rings (SSSR count). The van der Waals surface area contributed by atoms with Crippen LogP contribution in [0.1, 0.15) is 0 Å². The van der Waals surface area contributed by atoms with Crippen LogP contribution in [0.25, 0.3) is 10.4 Å². The molecule has 0 unspecified atom stereocenters. The topological polar surface area (TPSA) is 139 Å². The summed E-state index contributed by atoms with van der Waals surface area (Å²) in [4.78, 5) is 14.4. The number of hydrogen-bond acceptors (Lipinski definition) is 5. The lowest BCUT2D eigenvalue weighted by Gasteiger charge is -1.94. The number of pyridine rings is 1. The molecule has 1 aromatic rings. The molecule has 78 valence electrons. The predicted molar refractivity (Wildman–Crippen MR) is 47.2 cm³/mol. The number of hydrogen-bond donors (Lipinski definition) is 0. The Morgan fingerprint density at radius 2 is 2.20 bits per heavy atom. The Balaban J connectivity index is 3.21. The van der Waals surface area contributed by atoms with Gasteiger partial charge < -0.3 is 10.1 Å². The van der Waals surface area contributed by atoms with Gasteiger partial charge in [0.1, 0.15) is 4.90 Å². The fourth-order valence-corrected chi connectivity index (χ4v) is 1.34. The zero-order valence-corrected chi connectivity index (χ0v) is 7.83. The Kier molecular flexibility index (Phi) is 2.83. The maximum Gasteiger partial charge on any atom is 0.363 e. The first-order valence-corrected chi connectivity index (χ1v) is 4.83. The molecular formula is C5H3N5O4S. The third-order valence-electron chi connectivity index (χ3n) is 1.35. The minimum absolute atomic E-state index is 0.397. The van der Waals surface area contributed by atoms with Crippen molar-refractivity contribution in [1.82, 2.24) is 4.98 Å². The minimum atomic E-state index is -4.13. The van der Waals surface area contributed by atoms with Crippen molar-refractivity contribution in [3.8, 4) is 0 Å². The van der Waals surface area contributed by atoms with Crippen molar-refractivity contribution >= 4 is 15.8 Å². The highest BCUT2D eigenvalue weighted by atomic mass is 32.2. The van der Waals surface area contributed by atoms with Crippen molar-refractivity contribution in [1.29, 1.82) is 0 Å². The van der Waals surface area contributed by atoms with Crippen molar-refractivity contribution < 1.29 is 13.3 Å². The molecule has 0 atom stereocenters. The van der Waals surface area contributed by atoms with Gasteiger partial charge in [0.25, 0.3) is 10.0 Å². The van der Waals surface area contributed by atoms with Crippen LogP contribution in [-0.4, -0.2) is 18.3 Å². The summed E-state index contributed by atoms with van der Waals surface area (Å²) >= 11 is 0. The molecule has 1 heterocycles. The molecule has 0 amide bonds. The molecule has 0 N–H and O–H groups in total. The highest BCUT2D eigenvalue weighted by Crippen LogP contribution is 2.14. The number of aromatic nitrogens is 1. The molecule has 1 aromatic heterocycles. The van der Waals surface area contributed by atoms with Crippen molar-refractivity contribution in [2.24, 2.45) is 4.52 Å². The van der Waals surface area contributed by atoms with Crippen LogP contribution in [0.2, 0.25) is 0 Å². The van der Waals surface area contributed by atoms with E-state index in [1.54, 1.807) is 0 Å². The second kappa shape index (κ2) is 3.90. The lowest BCUT2D eigenvalue weighted by atomic mass is 10.5. The van der Waals surface area contributed by atoms with Crippen molar-refractivity contribution in [2.75, 3.05) is 0 Å². The first-order chi connectivity index (χ1) is 6.97. The first kappa shape index (κ1) is 10.9. The molecule has 0 aromatic carbocycles. The van der Waals surface area contributed by atoms with E-state index < -0.39 is 25.7 Å². The summed E-state index contributed by atoms with van der Waals surface area (Å²) in [6.45, 7) is 0. The van der Waals surface area contributed by atoms with Gasteiger partial charge in [-0.3, -0.25) is 0 Å². The minimum Gasteiger partial charge on any atom is -0.358 e. The predicted octanol–water partition coefficient (Wildman–Crippen LogP) is 0.989. The zero-order chi connectivity index (χ0) is 11.5. The van der Waals surface area contributed by atoms with E-state index in [0.717, 1.165) is 18.3 Å². The fourth-order valence-electron chi connectivity index (χ4n) is 0.728. The third kappa shape index (κ3) is 2.39. The number of nitro groups is 1. The number of sulfonamides is 1. The summed E-state index contributed by atoms with van der Waals surface area (Å²) in [5.41, 5.74) is 7.96. The molecule has 0 saturated heterocycles. The molecule has 0 radical (unpaired) electrons. The normalized spacial score (nSPS) is 10.4. The quantitative estimate of drug-likeness (QED) is 0.250. The molecule has 15 heavy (non-hydrogen) atoms. The van der Waals surface area contributed by atoms with Gasteiger partial charge in [0, 0.05) is 15.5 Å². The van der Waals surface area contributed by atoms with Crippen LogP contribution in [0.5, 0.6) is 0 Å². The van der Waals surface area contributed by atoms with Gasteiger partial charge in [-0.05, 0) is 21.5 Å². The molecular weight excluding hydrogens is 226 g/mol. The van der Waals surface area contributed by atoms with E-state index >= 15 is 0 Å². The van der Waals surface area contributed by atoms with Gasteiger partial charge >= 0.3 is 5.82 Å². The molecule has 0 aliphatic carbocycles. The maximum absolute atomic E-state index is 11.1. The Bertz CT molecular complexity index is 529. The van der Waals surface area contributed by atoms with E-state index in [9.17, 15) is 18.5 Å². The first-order valence-electron chi connectivity index (χ1n) is 3.39. The van der Waals surface area contributed by atoms with Gasteiger partial charge in [0.15, 0.2) is 6.20 Å². The van der Waals surface area contributed by atoms with E-state index in [4.69, 9.17) is 5.53 Å². The molecule has 0 fully saturated rings. The summed E-state index contributed by atoms with van der Waals surface area (Å²) in [7, 11) is -4.13. The van der Waals surface area contributed by atoms with Gasteiger partial charge in [-0.1, -0.05) is 0 Å². The van der Waals surface area contributed by atoms with Gasteiger partial charge in [-0.2, -0.15) is 0 Å². The highest BCUT2D eigenvalue weighted by Gasteiger charge is 2.16. The number of rotatable bonds is 3. The van der Waals surface area contributed by atoms with Crippen LogP contribution in [0.3, 0.4) is 0 Å². The highest BCUT2D eigenvalue weighted by molar-refractivity contribution is 7.90. The lowest BCUT2D eigenvalue weighted by molar-refractivity contribution is -0.389. The molecule has 0 spiro atoms. The lowest BCUT2D eigenvalue weighted by Crippen LogP contribution is -1.98. The monoisotopic (exact) mass is 229 g/mol. The average Bonchev–Trinajstić information content (AvgIpc) is 2.18. The molecule has 0 aliphatic rings. The SMILES string of the molecule is [N-]=[N+]=NS(=O)(=O)c1ccc([N+](=O)[O-])nc1. The van der Waals surface area contributed by atoms with Crippen LogP contribution in [0, 0.1) is 10.1 Å². The maximum atomic E-state index is 11.1. The Labute approximate surface area is 83.2 Å². The Morgan fingerprint density at radius 3 is 2.60 bits per heavy atom. The molecule has 0 bridgehead atoms. The average molecular weight is 229 g/mol. The van der Waals surface area contributed by atoms with E-state index in [0.29, 0.717) is 0 Å². The smallest absolute Gasteiger partial charge is 0.358 e. The van der Waals surface area contributed by atoms with Crippen LogP contribution in [0.15, 0.2) is 27.7 Å². The van der Waals surface area contributed by atoms with E-state index in [1.807, 2.05) is 0 Å². The van der Waals surface area contributed by atoms with E-state index in [2.05, 4.69) is 14.4 Å². The molecule has 0 saturated carbocycles. The second-order valence-electron chi connectivity index (χ2n) is 2.26. The summed E-state index contributed by atoms with van der Waals surface area (Å²) in [5, 5.41) is 10.2. The van der Waals surface area contributed by atoms with E-state index in [1.165, 1.54) is 0 Å². The van der Waals surface area contributed by atoms with Crippen LogP contribution in [0.4, 0.5) is 5.82 Å². The second-order valence-corrected chi connectivity index (χ2v) is 3.84. The van der Waals surface area contributed by atoms with Crippen molar-refractivity contribution in [3.05, 3.63) is 38.9 Å². The summed E-state index contributed by atoms with van der Waals surface area (Å²) in [6.07, 6.45) is 0.752. The van der Waals surface area contributed by atoms with Crippen molar-refractivity contribution in [3.63, 3.8) is 0 Å². The summed E-state index contributed by atoms with van der Waals surface area (Å²) < 4.78 is 24.7. The van der Waals surface area contributed by atoms with Crippen LogP contribution >= 0.6 is 0 Å². The zero-order valence-electron chi connectivity index (χ0n) is 7.01. The van der Waals surface area contributed by atoms with E-state index in [-0.39, 0.29) is 0 Å². The van der Waals surface area contributed by atoms with Gasteiger partial charge in [0.2, 0.25) is 0 Å². The molecule has 10 heteroatoms.